The van der Waals surface area contributed by atoms with E-state index in [0.29, 0.717) is 52.9 Å². The summed E-state index contributed by atoms with van der Waals surface area (Å²) >= 11 is 12.8. The Morgan fingerprint density at radius 2 is 1.85 bits per heavy atom. The van der Waals surface area contributed by atoms with Crippen molar-refractivity contribution in [2.45, 2.75) is 30.9 Å². The summed E-state index contributed by atoms with van der Waals surface area (Å²) in [7, 11) is 1.63. The fourth-order valence-corrected chi connectivity index (χ4v) is 4.98. The number of carbonyl (C=O) groups is 1. The van der Waals surface area contributed by atoms with Crippen LogP contribution in [0.5, 0.6) is 11.5 Å². The molecule has 0 saturated carbocycles. The Labute approximate surface area is 249 Å². The first kappa shape index (κ1) is 30.4. The molecule has 0 bridgehead atoms. The van der Waals surface area contributed by atoms with E-state index in [2.05, 4.69) is 17.4 Å². The summed E-state index contributed by atoms with van der Waals surface area (Å²) in [6, 6.07) is 20.0. The Bertz CT molecular complexity index is 1370. The Balaban J connectivity index is 1.57. The topological polar surface area (TPSA) is 101 Å². The molecule has 0 aliphatic carbocycles. The molecule has 4 rings (SSSR count). The minimum absolute atomic E-state index is 0.0567. The van der Waals surface area contributed by atoms with Crippen LogP contribution in [-0.2, 0) is 16.0 Å². The predicted octanol–water partition coefficient (Wildman–Crippen LogP) is 5.46. The first-order chi connectivity index (χ1) is 19.9. The molecule has 8 nitrogen and oxygen atoms in total. The first-order valence-electron chi connectivity index (χ1n) is 13.2. The average Bonchev–Trinajstić information content (AvgIpc) is 3.36. The zero-order chi connectivity index (χ0) is 29.2. The second kappa shape index (κ2) is 14.4. The molecule has 3 aromatic carbocycles. The van der Waals surface area contributed by atoms with Gasteiger partial charge >= 0.3 is 0 Å². The van der Waals surface area contributed by atoms with Gasteiger partial charge in [-0.25, -0.2) is 10.4 Å². The number of aliphatic hydroxyl groups is 1. The third kappa shape index (κ3) is 7.40. The molecule has 2 atom stereocenters. The minimum atomic E-state index is -1.39. The zero-order valence-electron chi connectivity index (χ0n) is 22.7. The largest absolute Gasteiger partial charge is 0.497 e. The van der Waals surface area contributed by atoms with E-state index in [-0.39, 0.29) is 24.8 Å². The Hall–Kier alpha value is -3.56. The highest BCUT2D eigenvalue weighted by atomic mass is 35.5. The number of hydrogen-bond acceptors (Lipinski definition) is 7. The monoisotopic (exact) mass is 597 g/mol. The van der Waals surface area contributed by atoms with Crippen LogP contribution in [0.15, 0.2) is 84.4 Å². The maximum atomic E-state index is 13.9. The standard InChI is InChI=1S/C31H33Cl2N3O5/c1-3-16-31(30(38)36-34-17-15-21-5-10-24(39-2)11-6-21)28(26-14-9-23(32)20-27(26)33)41-29(35-31)22-7-12-25(13-8-22)40-19-4-18-37/h3,5-14,20,28,34,37H,1,4,15-19H2,2H3,(H,36,38)/t28-,31-/m0/s1. The van der Waals surface area contributed by atoms with Gasteiger partial charge in [0.15, 0.2) is 11.6 Å². The number of aliphatic hydroxyl groups excluding tert-OH is 1. The van der Waals surface area contributed by atoms with Crippen LogP contribution in [0.1, 0.15) is 35.6 Å². The molecule has 1 aliphatic rings. The van der Waals surface area contributed by atoms with Gasteiger partial charge in [0.2, 0.25) is 5.90 Å². The quantitative estimate of drug-likeness (QED) is 0.130. The van der Waals surface area contributed by atoms with Crippen LogP contribution >= 0.6 is 23.2 Å². The van der Waals surface area contributed by atoms with Crippen molar-refractivity contribution in [2.24, 2.45) is 4.99 Å². The number of carbonyl (C=O) groups excluding carboxylic acids is 1. The van der Waals surface area contributed by atoms with E-state index in [0.717, 1.165) is 11.3 Å². The van der Waals surface area contributed by atoms with E-state index in [1.807, 2.05) is 36.4 Å². The molecule has 0 radical (unpaired) electrons. The van der Waals surface area contributed by atoms with Gasteiger partial charge in [0.1, 0.15) is 11.5 Å². The number of benzene rings is 3. The molecule has 0 spiro atoms. The summed E-state index contributed by atoms with van der Waals surface area (Å²) in [4.78, 5) is 18.7. The third-order valence-corrected chi connectivity index (χ3v) is 7.19. The molecule has 0 aromatic heterocycles. The number of ether oxygens (including phenoxy) is 3. The van der Waals surface area contributed by atoms with Gasteiger partial charge in [-0.3, -0.25) is 10.2 Å². The Kier molecular flexibility index (Phi) is 10.7. The van der Waals surface area contributed by atoms with Gasteiger partial charge in [0, 0.05) is 47.2 Å². The summed E-state index contributed by atoms with van der Waals surface area (Å²) in [5, 5.41) is 9.81. The van der Waals surface area contributed by atoms with Crippen molar-refractivity contribution in [2.75, 3.05) is 26.9 Å². The summed E-state index contributed by atoms with van der Waals surface area (Å²) in [6.07, 6.45) is 2.21. The number of aliphatic imine (C=N–C) groups is 1. The van der Waals surface area contributed by atoms with Crippen LogP contribution in [0.3, 0.4) is 0 Å². The number of halogens is 2. The number of hydrazine groups is 1. The fourth-order valence-electron chi connectivity index (χ4n) is 4.48. The van der Waals surface area contributed by atoms with Crippen LogP contribution in [-0.4, -0.2) is 49.3 Å². The molecular weight excluding hydrogens is 565 g/mol. The molecule has 0 fully saturated rings. The van der Waals surface area contributed by atoms with E-state index in [1.165, 1.54) is 0 Å². The molecular formula is C31H33Cl2N3O5. The molecule has 1 heterocycles. The summed E-state index contributed by atoms with van der Waals surface area (Å²) < 4.78 is 17.2. The van der Waals surface area contributed by atoms with Crippen molar-refractivity contribution in [1.29, 1.82) is 0 Å². The molecule has 41 heavy (non-hydrogen) atoms. The SMILES string of the molecule is C=CC[C@]1(C(=O)NNCCc2ccc(OC)cc2)N=C(c2ccc(OCCCO)cc2)O[C@H]1c1ccc(Cl)cc1Cl. The first-order valence-corrected chi connectivity index (χ1v) is 14.0. The number of hydrogen-bond donors (Lipinski definition) is 3. The lowest BCUT2D eigenvalue weighted by Crippen LogP contribution is -2.52. The fraction of sp³-hybridized carbons (Fsp3) is 0.290. The highest BCUT2D eigenvalue weighted by Gasteiger charge is 2.53. The van der Waals surface area contributed by atoms with Crippen molar-refractivity contribution >= 4 is 35.0 Å². The third-order valence-electron chi connectivity index (χ3n) is 6.63. The van der Waals surface area contributed by atoms with Crippen LogP contribution in [0.25, 0.3) is 0 Å². The number of amides is 1. The van der Waals surface area contributed by atoms with E-state index in [4.69, 9.17) is 47.5 Å². The number of methoxy groups -OCH3 is 1. The number of nitrogens with zero attached hydrogens (tertiary/aromatic N) is 1. The van der Waals surface area contributed by atoms with Gasteiger partial charge < -0.3 is 19.3 Å². The molecule has 216 valence electrons. The van der Waals surface area contributed by atoms with Crippen molar-refractivity contribution in [1.82, 2.24) is 10.9 Å². The average molecular weight is 599 g/mol. The maximum Gasteiger partial charge on any atom is 0.266 e. The van der Waals surface area contributed by atoms with E-state index >= 15 is 0 Å². The van der Waals surface area contributed by atoms with Gasteiger partial charge in [-0.2, -0.15) is 0 Å². The van der Waals surface area contributed by atoms with E-state index in [9.17, 15) is 4.79 Å². The van der Waals surface area contributed by atoms with Gasteiger partial charge in [-0.1, -0.05) is 47.5 Å². The van der Waals surface area contributed by atoms with Crippen LogP contribution in [0.2, 0.25) is 10.0 Å². The second-order valence-corrected chi connectivity index (χ2v) is 10.3. The second-order valence-electron chi connectivity index (χ2n) is 9.43. The normalized spacial score (nSPS) is 17.9. The van der Waals surface area contributed by atoms with Crippen molar-refractivity contribution in [3.63, 3.8) is 0 Å². The summed E-state index contributed by atoms with van der Waals surface area (Å²) in [5.74, 6) is 1.33. The summed E-state index contributed by atoms with van der Waals surface area (Å²) in [5.41, 5.74) is 6.80. The highest BCUT2D eigenvalue weighted by molar-refractivity contribution is 6.35. The van der Waals surface area contributed by atoms with E-state index in [1.54, 1.807) is 43.5 Å². The highest BCUT2D eigenvalue weighted by Crippen LogP contribution is 2.45. The van der Waals surface area contributed by atoms with Gasteiger partial charge in [-0.15, -0.1) is 6.58 Å². The lowest BCUT2D eigenvalue weighted by molar-refractivity contribution is -0.129. The Morgan fingerprint density at radius 1 is 1.12 bits per heavy atom. The smallest absolute Gasteiger partial charge is 0.266 e. The molecule has 3 aromatic rings. The van der Waals surface area contributed by atoms with Crippen LogP contribution < -0.4 is 20.3 Å². The Morgan fingerprint density at radius 3 is 2.51 bits per heavy atom. The van der Waals surface area contributed by atoms with Gasteiger partial charge in [0.05, 0.1) is 13.7 Å². The lowest BCUT2D eigenvalue weighted by Gasteiger charge is -2.30. The number of nitrogens with one attached hydrogen (secondary N) is 2. The minimum Gasteiger partial charge on any atom is -0.497 e. The van der Waals surface area contributed by atoms with E-state index < -0.39 is 11.6 Å². The van der Waals surface area contributed by atoms with Crippen LogP contribution in [0, 0.1) is 0 Å². The molecule has 0 saturated heterocycles. The molecule has 10 heteroatoms. The zero-order valence-corrected chi connectivity index (χ0v) is 24.3. The van der Waals surface area contributed by atoms with Gasteiger partial charge in [0.25, 0.3) is 5.91 Å². The summed E-state index contributed by atoms with van der Waals surface area (Å²) in [6.45, 7) is 4.84. The molecule has 1 amide bonds. The lowest BCUT2D eigenvalue weighted by atomic mass is 9.84. The van der Waals surface area contributed by atoms with Crippen molar-refractivity contribution in [3.8, 4) is 11.5 Å². The predicted molar refractivity (Wildman–Crippen MR) is 161 cm³/mol. The van der Waals surface area contributed by atoms with Crippen molar-refractivity contribution < 1.29 is 24.1 Å². The number of rotatable bonds is 14. The maximum absolute atomic E-state index is 13.9. The van der Waals surface area contributed by atoms with Gasteiger partial charge in [-0.05, 0) is 60.5 Å². The van der Waals surface area contributed by atoms with Crippen LogP contribution in [0.4, 0.5) is 0 Å². The van der Waals surface area contributed by atoms with Crippen molar-refractivity contribution in [3.05, 3.63) is 106 Å². The molecule has 0 unspecified atom stereocenters. The molecule has 3 N–H and O–H groups in total. The molecule has 1 aliphatic heterocycles.